The van der Waals surface area contributed by atoms with Crippen molar-refractivity contribution >= 4 is 0 Å². The Kier molecular flexibility index (Phi) is 2.05. The average molecular weight is 164 g/mol. The molecule has 2 aliphatic rings. The van der Waals surface area contributed by atoms with Crippen LogP contribution in [0, 0.1) is 17.8 Å². The van der Waals surface area contributed by atoms with Crippen LogP contribution in [0.25, 0.3) is 0 Å². The van der Waals surface area contributed by atoms with Crippen molar-refractivity contribution in [2.75, 3.05) is 0 Å². The van der Waals surface area contributed by atoms with Crippen molar-refractivity contribution in [2.45, 2.75) is 25.4 Å². The fraction of sp³-hybridized carbons (Fsp3) is 0.636. The van der Waals surface area contributed by atoms with Gasteiger partial charge in [0.15, 0.2) is 0 Å². The second-order valence-corrected chi connectivity index (χ2v) is 4.01. The molecule has 2 rings (SSSR count). The summed E-state index contributed by atoms with van der Waals surface area (Å²) in [6, 6.07) is 0. The number of hydrogen-bond donors (Lipinski definition) is 1. The van der Waals surface area contributed by atoms with E-state index in [0.29, 0.717) is 17.8 Å². The zero-order chi connectivity index (χ0) is 8.55. The molecule has 0 radical (unpaired) electrons. The third kappa shape index (κ3) is 1.22. The minimum atomic E-state index is -0.183. The van der Waals surface area contributed by atoms with Gasteiger partial charge >= 0.3 is 0 Å². The van der Waals surface area contributed by atoms with Crippen LogP contribution < -0.4 is 0 Å². The molecule has 4 atom stereocenters. The molecule has 0 bridgehead atoms. The molecule has 0 spiro atoms. The Labute approximate surface area is 73.8 Å². The second kappa shape index (κ2) is 3.06. The Hall–Kier alpha value is -0.560. The van der Waals surface area contributed by atoms with E-state index in [1.54, 1.807) is 0 Å². The lowest BCUT2D eigenvalue weighted by Crippen LogP contribution is -2.27. The second-order valence-electron chi connectivity index (χ2n) is 4.01. The van der Waals surface area contributed by atoms with Gasteiger partial charge in [-0.3, -0.25) is 0 Å². The first-order valence-corrected chi connectivity index (χ1v) is 4.80. The van der Waals surface area contributed by atoms with Gasteiger partial charge in [0.2, 0.25) is 0 Å². The van der Waals surface area contributed by atoms with E-state index in [1.165, 1.54) is 12.8 Å². The Morgan fingerprint density at radius 1 is 1.33 bits per heavy atom. The van der Waals surface area contributed by atoms with E-state index in [2.05, 4.69) is 12.7 Å². The first-order valence-electron chi connectivity index (χ1n) is 4.80. The van der Waals surface area contributed by atoms with E-state index < -0.39 is 0 Å². The first kappa shape index (κ1) is 8.06. The SMILES string of the molecule is C=CC1CCC2C=CC(O)C2C1. The van der Waals surface area contributed by atoms with Crippen LogP contribution in [0.4, 0.5) is 0 Å². The molecule has 0 aliphatic heterocycles. The van der Waals surface area contributed by atoms with E-state index in [-0.39, 0.29) is 6.10 Å². The molecule has 12 heavy (non-hydrogen) atoms. The van der Waals surface area contributed by atoms with Gasteiger partial charge in [0.25, 0.3) is 0 Å². The Morgan fingerprint density at radius 2 is 2.17 bits per heavy atom. The summed E-state index contributed by atoms with van der Waals surface area (Å²) >= 11 is 0. The van der Waals surface area contributed by atoms with Crippen molar-refractivity contribution in [1.82, 2.24) is 0 Å². The van der Waals surface area contributed by atoms with Crippen molar-refractivity contribution in [1.29, 1.82) is 0 Å². The zero-order valence-electron chi connectivity index (χ0n) is 7.32. The number of fused-ring (bicyclic) bond motifs is 1. The van der Waals surface area contributed by atoms with Crippen LogP contribution in [-0.2, 0) is 0 Å². The number of aliphatic hydroxyl groups is 1. The highest BCUT2D eigenvalue weighted by Crippen LogP contribution is 2.40. The number of rotatable bonds is 1. The van der Waals surface area contributed by atoms with Crippen molar-refractivity contribution in [3.8, 4) is 0 Å². The summed E-state index contributed by atoms with van der Waals surface area (Å²) in [7, 11) is 0. The molecule has 1 heteroatoms. The van der Waals surface area contributed by atoms with E-state index >= 15 is 0 Å². The Balaban J connectivity index is 2.04. The van der Waals surface area contributed by atoms with Crippen molar-refractivity contribution in [3.63, 3.8) is 0 Å². The summed E-state index contributed by atoms with van der Waals surface area (Å²) in [5.41, 5.74) is 0. The van der Waals surface area contributed by atoms with Gasteiger partial charge in [0, 0.05) is 0 Å². The van der Waals surface area contributed by atoms with Gasteiger partial charge in [-0.05, 0) is 37.0 Å². The van der Waals surface area contributed by atoms with Crippen LogP contribution >= 0.6 is 0 Å². The van der Waals surface area contributed by atoms with Crippen molar-refractivity contribution in [2.24, 2.45) is 17.8 Å². The van der Waals surface area contributed by atoms with Crippen LogP contribution in [0.5, 0.6) is 0 Å². The van der Waals surface area contributed by atoms with Gasteiger partial charge in [0.05, 0.1) is 6.10 Å². The van der Waals surface area contributed by atoms with Gasteiger partial charge in [-0.25, -0.2) is 0 Å². The van der Waals surface area contributed by atoms with Gasteiger partial charge in [-0.1, -0.05) is 18.2 Å². The largest absolute Gasteiger partial charge is 0.389 e. The number of aliphatic hydroxyl groups excluding tert-OH is 1. The fourth-order valence-corrected chi connectivity index (χ4v) is 2.51. The van der Waals surface area contributed by atoms with E-state index in [9.17, 15) is 5.11 Å². The summed E-state index contributed by atoms with van der Waals surface area (Å²) in [5, 5.41) is 9.62. The maximum absolute atomic E-state index is 9.62. The molecule has 2 aliphatic carbocycles. The highest BCUT2D eigenvalue weighted by atomic mass is 16.3. The van der Waals surface area contributed by atoms with Crippen LogP contribution in [-0.4, -0.2) is 11.2 Å². The monoisotopic (exact) mass is 164 g/mol. The molecule has 0 aromatic rings. The van der Waals surface area contributed by atoms with Gasteiger partial charge < -0.3 is 5.11 Å². The highest BCUT2D eigenvalue weighted by Gasteiger charge is 2.34. The number of allylic oxidation sites excluding steroid dienone is 2. The maximum atomic E-state index is 9.62. The molecular formula is C11H16O. The topological polar surface area (TPSA) is 20.2 Å². The molecular weight excluding hydrogens is 148 g/mol. The van der Waals surface area contributed by atoms with Crippen molar-refractivity contribution < 1.29 is 5.11 Å². The molecule has 0 aromatic heterocycles. The molecule has 1 saturated carbocycles. The minimum Gasteiger partial charge on any atom is -0.389 e. The molecule has 4 unspecified atom stereocenters. The summed E-state index contributed by atoms with van der Waals surface area (Å²) in [6.45, 7) is 3.82. The number of hydrogen-bond acceptors (Lipinski definition) is 1. The summed E-state index contributed by atoms with van der Waals surface area (Å²) < 4.78 is 0. The van der Waals surface area contributed by atoms with E-state index in [0.717, 1.165) is 6.42 Å². The Bertz CT molecular complexity index is 207. The minimum absolute atomic E-state index is 0.183. The van der Waals surface area contributed by atoms with Crippen molar-refractivity contribution in [3.05, 3.63) is 24.8 Å². The molecule has 1 N–H and O–H groups in total. The molecule has 0 saturated heterocycles. The molecule has 66 valence electrons. The van der Waals surface area contributed by atoms with Gasteiger partial charge in [0.1, 0.15) is 0 Å². The summed E-state index contributed by atoms with van der Waals surface area (Å²) in [4.78, 5) is 0. The van der Waals surface area contributed by atoms with Gasteiger partial charge in [-0.15, -0.1) is 6.58 Å². The predicted octanol–water partition coefficient (Wildman–Crippen LogP) is 2.14. The van der Waals surface area contributed by atoms with E-state index in [4.69, 9.17) is 0 Å². The quantitative estimate of drug-likeness (QED) is 0.589. The first-order chi connectivity index (χ1) is 5.81. The standard InChI is InChI=1S/C11H16O/c1-2-8-3-4-9-5-6-11(12)10(9)7-8/h2,5-6,8-12H,1,3-4,7H2. The predicted molar refractivity (Wildman–Crippen MR) is 49.7 cm³/mol. The third-order valence-electron chi connectivity index (χ3n) is 3.32. The average Bonchev–Trinajstić information content (AvgIpc) is 2.47. The lowest BCUT2D eigenvalue weighted by Gasteiger charge is -2.31. The summed E-state index contributed by atoms with van der Waals surface area (Å²) in [6.07, 6.45) is 9.62. The summed E-state index contributed by atoms with van der Waals surface area (Å²) in [5.74, 6) is 1.78. The van der Waals surface area contributed by atoms with E-state index in [1.807, 2.05) is 12.2 Å². The molecule has 1 fully saturated rings. The smallest absolute Gasteiger partial charge is 0.0755 e. The fourth-order valence-electron chi connectivity index (χ4n) is 2.51. The Morgan fingerprint density at radius 3 is 2.92 bits per heavy atom. The third-order valence-corrected chi connectivity index (χ3v) is 3.32. The lowest BCUT2D eigenvalue weighted by molar-refractivity contribution is 0.103. The maximum Gasteiger partial charge on any atom is 0.0755 e. The zero-order valence-corrected chi connectivity index (χ0v) is 7.32. The normalized spacial score (nSPS) is 45.8. The van der Waals surface area contributed by atoms with Crippen LogP contribution in [0.15, 0.2) is 24.8 Å². The van der Waals surface area contributed by atoms with Crippen LogP contribution in [0.1, 0.15) is 19.3 Å². The molecule has 0 heterocycles. The van der Waals surface area contributed by atoms with Crippen LogP contribution in [0.3, 0.4) is 0 Å². The van der Waals surface area contributed by atoms with Crippen LogP contribution in [0.2, 0.25) is 0 Å². The van der Waals surface area contributed by atoms with Gasteiger partial charge in [-0.2, -0.15) is 0 Å². The highest BCUT2D eigenvalue weighted by molar-refractivity contribution is 5.10. The lowest BCUT2D eigenvalue weighted by atomic mass is 9.75. The molecule has 1 nitrogen and oxygen atoms in total. The molecule has 0 aromatic carbocycles. The molecule has 0 amide bonds.